The van der Waals surface area contributed by atoms with Crippen molar-refractivity contribution in [3.63, 3.8) is 0 Å². The molecule has 0 aliphatic heterocycles. The Balaban J connectivity index is 3.24. The lowest BCUT2D eigenvalue weighted by molar-refractivity contribution is -0.396. The first kappa shape index (κ1) is 12.3. The van der Waals surface area contributed by atoms with Crippen LogP contribution in [0, 0.1) is 20.2 Å². The van der Waals surface area contributed by atoms with E-state index < -0.39 is 9.85 Å². The molecular formula is C7H5N3O4S2. The molecule has 0 fully saturated rings. The van der Waals surface area contributed by atoms with Gasteiger partial charge in [0.25, 0.3) is 11.4 Å². The van der Waals surface area contributed by atoms with Gasteiger partial charge in [0.05, 0.1) is 20.8 Å². The van der Waals surface area contributed by atoms with Crippen molar-refractivity contribution < 1.29 is 9.85 Å². The molecule has 0 aromatic heterocycles. The van der Waals surface area contributed by atoms with Gasteiger partial charge in [-0.25, -0.2) is 0 Å². The minimum absolute atomic E-state index is 0.0111. The molecule has 0 aliphatic carbocycles. The molecule has 84 valence electrons. The van der Waals surface area contributed by atoms with Crippen LogP contribution in [-0.2, 0) is 0 Å². The van der Waals surface area contributed by atoms with Crippen LogP contribution in [0.2, 0.25) is 0 Å². The monoisotopic (exact) mass is 259 g/mol. The smallest absolute Gasteiger partial charge is 0.290 e. The zero-order valence-corrected chi connectivity index (χ0v) is 9.29. The standard InChI is InChI=1S/C7H5N3O4S2/c8-7(15)16-6-2-1-4(9(11)12)3-5(6)10(13)14/h1-3H,(H2,8,15). The van der Waals surface area contributed by atoms with E-state index in [1.165, 1.54) is 6.07 Å². The number of nitro groups is 2. The van der Waals surface area contributed by atoms with E-state index in [1.807, 2.05) is 0 Å². The molecular weight excluding hydrogens is 254 g/mol. The van der Waals surface area contributed by atoms with E-state index in [9.17, 15) is 20.2 Å². The third-order valence-corrected chi connectivity index (χ3v) is 2.58. The molecule has 2 N–H and O–H groups in total. The summed E-state index contributed by atoms with van der Waals surface area (Å²) in [4.78, 5) is 19.9. The molecule has 0 heterocycles. The highest BCUT2D eigenvalue weighted by Crippen LogP contribution is 2.32. The van der Waals surface area contributed by atoms with E-state index in [4.69, 9.17) is 5.73 Å². The lowest BCUT2D eigenvalue weighted by Gasteiger charge is -2.00. The van der Waals surface area contributed by atoms with Crippen molar-refractivity contribution in [1.82, 2.24) is 0 Å². The van der Waals surface area contributed by atoms with Crippen LogP contribution in [0.3, 0.4) is 0 Å². The second kappa shape index (κ2) is 4.86. The third kappa shape index (κ3) is 2.87. The van der Waals surface area contributed by atoms with E-state index in [1.54, 1.807) is 0 Å². The predicted molar refractivity (Wildman–Crippen MR) is 62.4 cm³/mol. The summed E-state index contributed by atoms with van der Waals surface area (Å²) in [6.45, 7) is 0. The Labute approximate surface area is 98.9 Å². The second-order valence-corrected chi connectivity index (χ2v) is 4.37. The number of nitro benzene ring substituents is 2. The van der Waals surface area contributed by atoms with Crippen molar-refractivity contribution in [1.29, 1.82) is 0 Å². The summed E-state index contributed by atoms with van der Waals surface area (Å²) >= 11 is 5.41. The predicted octanol–water partition coefficient (Wildman–Crippen LogP) is 1.84. The van der Waals surface area contributed by atoms with Gasteiger partial charge >= 0.3 is 0 Å². The van der Waals surface area contributed by atoms with E-state index in [-0.39, 0.29) is 20.6 Å². The van der Waals surface area contributed by atoms with Crippen molar-refractivity contribution in [3.05, 3.63) is 38.4 Å². The maximum Gasteiger partial charge on any atom is 0.290 e. The molecule has 1 aromatic rings. The SMILES string of the molecule is NC(=S)Sc1ccc([N+](=O)[O-])cc1[N+](=O)[O-]. The molecule has 9 heteroatoms. The summed E-state index contributed by atoms with van der Waals surface area (Å²) in [5.41, 5.74) is 4.50. The molecule has 0 amide bonds. The van der Waals surface area contributed by atoms with Crippen molar-refractivity contribution in [2.24, 2.45) is 5.73 Å². The summed E-state index contributed by atoms with van der Waals surface area (Å²) < 4.78 is 0.0111. The Morgan fingerprint density at radius 2 is 1.94 bits per heavy atom. The van der Waals surface area contributed by atoms with Crippen LogP contribution in [0.25, 0.3) is 0 Å². The van der Waals surface area contributed by atoms with Gasteiger partial charge in [-0.1, -0.05) is 24.0 Å². The quantitative estimate of drug-likeness (QED) is 0.381. The van der Waals surface area contributed by atoms with E-state index >= 15 is 0 Å². The Morgan fingerprint density at radius 3 is 2.38 bits per heavy atom. The van der Waals surface area contributed by atoms with Gasteiger partial charge in [-0.3, -0.25) is 20.2 Å². The first-order valence-electron chi connectivity index (χ1n) is 3.82. The molecule has 0 aliphatic rings. The fourth-order valence-corrected chi connectivity index (χ4v) is 1.82. The van der Waals surface area contributed by atoms with Gasteiger partial charge in [-0.05, 0) is 6.07 Å². The number of nitrogens with two attached hydrogens (primary N) is 1. The van der Waals surface area contributed by atoms with Crippen LogP contribution in [0.5, 0.6) is 0 Å². The van der Waals surface area contributed by atoms with Gasteiger partial charge in [-0.15, -0.1) is 0 Å². The van der Waals surface area contributed by atoms with Crippen molar-refractivity contribution in [2.45, 2.75) is 4.90 Å². The van der Waals surface area contributed by atoms with Crippen LogP contribution in [-0.4, -0.2) is 14.2 Å². The molecule has 1 aromatic carbocycles. The lowest BCUT2D eigenvalue weighted by atomic mass is 10.3. The van der Waals surface area contributed by atoms with Crippen molar-refractivity contribution in [2.75, 3.05) is 0 Å². The summed E-state index contributed by atoms with van der Waals surface area (Å²) in [5.74, 6) is 0. The molecule has 0 saturated heterocycles. The topological polar surface area (TPSA) is 112 Å². The molecule has 0 atom stereocenters. The Kier molecular flexibility index (Phi) is 3.74. The molecule has 0 saturated carbocycles. The summed E-state index contributed by atoms with van der Waals surface area (Å²) in [5, 5.41) is 21.1. The maximum atomic E-state index is 10.7. The highest BCUT2D eigenvalue weighted by Gasteiger charge is 2.20. The van der Waals surface area contributed by atoms with Crippen LogP contribution < -0.4 is 5.73 Å². The number of hydrogen-bond acceptors (Lipinski definition) is 6. The summed E-state index contributed by atoms with van der Waals surface area (Å²) in [7, 11) is 0. The fourth-order valence-electron chi connectivity index (χ4n) is 0.957. The van der Waals surface area contributed by atoms with E-state index in [0.29, 0.717) is 0 Å². The normalized spacial score (nSPS) is 9.75. The van der Waals surface area contributed by atoms with Gasteiger partial charge in [-0.2, -0.15) is 0 Å². The minimum Gasteiger partial charge on any atom is -0.384 e. The zero-order valence-electron chi connectivity index (χ0n) is 7.65. The van der Waals surface area contributed by atoms with E-state index in [0.717, 1.165) is 23.9 Å². The van der Waals surface area contributed by atoms with Gasteiger partial charge in [0, 0.05) is 6.07 Å². The Bertz CT molecular complexity index is 477. The molecule has 16 heavy (non-hydrogen) atoms. The fraction of sp³-hybridized carbons (Fsp3) is 0. The van der Waals surface area contributed by atoms with Crippen LogP contribution in [0.1, 0.15) is 0 Å². The molecule has 0 spiro atoms. The number of thiocarbonyl (C=S) groups is 1. The summed E-state index contributed by atoms with van der Waals surface area (Å²) in [6, 6.07) is 3.29. The zero-order chi connectivity index (χ0) is 12.3. The second-order valence-electron chi connectivity index (χ2n) is 2.59. The molecule has 0 unspecified atom stereocenters. The summed E-state index contributed by atoms with van der Waals surface area (Å²) in [6.07, 6.45) is 0. The third-order valence-electron chi connectivity index (χ3n) is 1.56. The Hall–Kier alpha value is -1.74. The van der Waals surface area contributed by atoms with Gasteiger partial charge in [0.15, 0.2) is 0 Å². The van der Waals surface area contributed by atoms with Gasteiger partial charge in [0.1, 0.15) is 4.32 Å². The number of benzene rings is 1. The highest BCUT2D eigenvalue weighted by molar-refractivity contribution is 8.23. The molecule has 0 bridgehead atoms. The average molecular weight is 259 g/mol. The minimum atomic E-state index is -0.715. The van der Waals surface area contributed by atoms with Crippen molar-refractivity contribution in [3.8, 4) is 0 Å². The number of rotatable bonds is 3. The van der Waals surface area contributed by atoms with Crippen molar-refractivity contribution >= 4 is 39.7 Å². The van der Waals surface area contributed by atoms with Gasteiger partial charge in [0.2, 0.25) is 0 Å². The molecule has 1 rings (SSSR count). The lowest BCUT2D eigenvalue weighted by Crippen LogP contribution is -2.02. The van der Waals surface area contributed by atoms with Crippen LogP contribution in [0.4, 0.5) is 11.4 Å². The highest BCUT2D eigenvalue weighted by atomic mass is 32.2. The number of thioether (sulfide) groups is 1. The number of hydrogen-bond donors (Lipinski definition) is 1. The van der Waals surface area contributed by atoms with Crippen LogP contribution in [0.15, 0.2) is 23.1 Å². The van der Waals surface area contributed by atoms with Crippen LogP contribution >= 0.6 is 24.0 Å². The molecule has 0 radical (unpaired) electrons. The largest absolute Gasteiger partial charge is 0.384 e. The average Bonchev–Trinajstić information content (AvgIpc) is 2.16. The van der Waals surface area contributed by atoms with Gasteiger partial charge < -0.3 is 5.73 Å². The molecule has 7 nitrogen and oxygen atoms in total. The van der Waals surface area contributed by atoms with E-state index in [2.05, 4.69) is 12.2 Å². The first-order chi connectivity index (χ1) is 7.41. The number of non-ortho nitro benzene ring substituents is 1. The Morgan fingerprint density at radius 1 is 1.31 bits per heavy atom. The first-order valence-corrected chi connectivity index (χ1v) is 5.04. The number of nitrogens with zero attached hydrogens (tertiary/aromatic N) is 2. The maximum absolute atomic E-state index is 10.7.